The number of nitrogens with one attached hydrogen (secondary N) is 1. The minimum atomic E-state index is -4.76. The van der Waals surface area contributed by atoms with Crippen LogP contribution in [-0.2, 0) is 11.3 Å². The number of hydrogen-bond donors (Lipinski definition) is 1. The fourth-order valence-electron chi connectivity index (χ4n) is 2.71. The Hall–Kier alpha value is -3.30. The van der Waals surface area contributed by atoms with Crippen molar-refractivity contribution in [2.24, 2.45) is 5.92 Å². The predicted octanol–water partition coefficient (Wildman–Crippen LogP) is 4.27. The fraction of sp³-hybridized carbons (Fsp3) is 0.350. The van der Waals surface area contributed by atoms with Gasteiger partial charge in [-0.3, -0.25) is 4.79 Å². The molecule has 3 rings (SSSR count). The number of benzene rings is 1. The van der Waals surface area contributed by atoms with Gasteiger partial charge in [0.15, 0.2) is 0 Å². The van der Waals surface area contributed by atoms with Gasteiger partial charge in [0.2, 0.25) is 11.7 Å². The van der Waals surface area contributed by atoms with E-state index in [1.54, 1.807) is 22.9 Å². The molecule has 1 amide bonds. The smallest absolute Gasteiger partial charge is 0.406 e. The Labute approximate surface area is 170 Å². The van der Waals surface area contributed by atoms with Crippen LogP contribution in [0.5, 0.6) is 5.75 Å². The summed E-state index contributed by atoms with van der Waals surface area (Å²) in [6, 6.07) is 8.63. The van der Waals surface area contributed by atoms with Crippen molar-refractivity contribution in [2.75, 3.05) is 6.54 Å². The summed E-state index contributed by atoms with van der Waals surface area (Å²) in [6.45, 7) is 4.87. The maximum atomic E-state index is 12.3. The molecule has 30 heavy (non-hydrogen) atoms. The molecule has 0 saturated carbocycles. The molecule has 0 atom stereocenters. The number of halogens is 3. The first-order chi connectivity index (χ1) is 14.2. The molecule has 2 aromatic heterocycles. The van der Waals surface area contributed by atoms with Gasteiger partial charge in [0.1, 0.15) is 18.0 Å². The summed E-state index contributed by atoms with van der Waals surface area (Å²) in [5.41, 5.74) is 1.02. The SMILES string of the molecule is CC(C)CCNC(=O)Cn1cccc1-c1nc(-c2ccc(OC(F)(F)F)cc2)no1. The molecule has 1 N–H and O–H groups in total. The van der Waals surface area contributed by atoms with Gasteiger partial charge in [-0.05, 0) is 48.7 Å². The number of alkyl halides is 3. The first-order valence-corrected chi connectivity index (χ1v) is 9.33. The molecular formula is C20H21F3N4O3. The molecule has 0 aliphatic rings. The van der Waals surface area contributed by atoms with Crippen LogP contribution < -0.4 is 10.1 Å². The van der Waals surface area contributed by atoms with Gasteiger partial charge in [0, 0.05) is 18.3 Å². The fourth-order valence-corrected chi connectivity index (χ4v) is 2.71. The highest BCUT2D eigenvalue weighted by atomic mass is 19.4. The number of amides is 1. The monoisotopic (exact) mass is 422 g/mol. The lowest BCUT2D eigenvalue weighted by atomic mass is 10.1. The lowest BCUT2D eigenvalue weighted by molar-refractivity contribution is -0.274. The maximum absolute atomic E-state index is 12.3. The highest BCUT2D eigenvalue weighted by molar-refractivity contribution is 5.76. The van der Waals surface area contributed by atoms with Gasteiger partial charge in [-0.2, -0.15) is 4.98 Å². The van der Waals surface area contributed by atoms with E-state index < -0.39 is 6.36 Å². The zero-order chi connectivity index (χ0) is 21.7. The van der Waals surface area contributed by atoms with E-state index in [1.807, 2.05) is 0 Å². The molecule has 10 heteroatoms. The number of nitrogens with zero attached hydrogens (tertiary/aromatic N) is 3. The van der Waals surface area contributed by atoms with E-state index in [4.69, 9.17) is 4.52 Å². The third kappa shape index (κ3) is 5.85. The quantitative estimate of drug-likeness (QED) is 0.586. The number of aromatic nitrogens is 3. The molecule has 7 nitrogen and oxygen atoms in total. The molecule has 0 unspecified atom stereocenters. The molecule has 0 saturated heterocycles. The Morgan fingerprint density at radius 1 is 1.23 bits per heavy atom. The highest BCUT2D eigenvalue weighted by Gasteiger charge is 2.31. The maximum Gasteiger partial charge on any atom is 0.573 e. The van der Waals surface area contributed by atoms with Gasteiger partial charge < -0.3 is 19.1 Å². The molecule has 0 aliphatic carbocycles. The van der Waals surface area contributed by atoms with Gasteiger partial charge >= 0.3 is 6.36 Å². The van der Waals surface area contributed by atoms with Gasteiger partial charge in [-0.25, -0.2) is 0 Å². The van der Waals surface area contributed by atoms with Crippen molar-refractivity contribution in [3.8, 4) is 28.7 Å². The van der Waals surface area contributed by atoms with E-state index in [9.17, 15) is 18.0 Å². The van der Waals surface area contributed by atoms with Crippen molar-refractivity contribution in [1.29, 1.82) is 0 Å². The number of hydrogen-bond acceptors (Lipinski definition) is 5. The molecule has 0 bridgehead atoms. The molecule has 2 heterocycles. The zero-order valence-electron chi connectivity index (χ0n) is 16.4. The minimum Gasteiger partial charge on any atom is -0.406 e. The minimum absolute atomic E-state index is 0.0988. The van der Waals surface area contributed by atoms with Crippen molar-refractivity contribution in [1.82, 2.24) is 20.0 Å². The molecule has 160 valence electrons. The summed E-state index contributed by atoms with van der Waals surface area (Å²) in [6.07, 6.45) is -2.14. The first-order valence-electron chi connectivity index (χ1n) is 9.33. The molecule has 0 radical (unpaired) electrons. The largest absolute Gasteiger partial charge is 0.573 e. The standard InChI is InChI=1S/C20H21F3N4O3/c1-13(2)9-10-24-17(28)12-27-11-3-4-16(27)19-25-18(26-30-19)14-5-7-15(8-6-14)29-20(21,22)23/h3-8,11,13H,9-10,12H2,1-2H3,(H,24,28). The van der Waals surface area contributed by atoms with E-state index in [2.05, 4.69) is 34.0 Å². The van der Waals surface area contributed by atoms with Crippen LogP contribution in [0.3, 0.4) is 0 Å². The van der Waals surface area contributed by atoms with E-state index in [0.717, 1.165) is 6.42 Å². The Morgan fingerprint density at radius 2 is 1.97 bits per heavy atom. The van der Waals surface area contributed by atoms with Crippen molar-refractivity contribution in [3.63, 3.8) is 0 Å². The highest BCUT2D eigenvalue weighted by Crippen LogP contribution is 2.27. The van der Waals surface area contributed by atoms with E-state index in [1.165, 1.54) is 24.3 Å². The Balaban J connectivity index is 1.68. The van der Waals surface area contributed by atoms with Gasteiger partial charge in [0.25, 0.3) is 5.89 Å². The van der Waals surface area contributed by atoms with E-state index in [-0.39, 0.29) is 29.9 Å². The second-order valence-corrected chi connectivity index (χ2v) is 7.05. The van der Waals surface area contributed by atoms with Crippen molar-refractivity contribution in [3.05, 3.63) is 42.6 Å². The Kier molecular flexibility index (Phi) is 6.43. The second kappa shape index (κ2) is 9.02. The number of rotatable bonds is 8. The van der Waals surface area contributed by atoms with Gasteiger partial charge in [-0.15, -0.1) is 13.2 Å². The van der Waals surface area contributed by atoms with Crippen molar-refractivity contribution in [2.45, 2.75) is 33.2 Å². The van der Waals surface area contributed by atoms with Crippen LogP contribution in [0.15, 0.2) is 47.1 Å². The summed E-state index contributed by atoms with van der Waals surface area (Å²) < 4.78 is 47.6. The molecule has 0 fully saturated rings. The normalized spacial score (nSPS) is 11.7. The number of carbonyl (C=O) groups excluding carboxylic acids is 1. The van der Waals surface area contributed by atoms with Crippen molar-refractivity contribution < 1.29 is 27.2 Å². The summed E-state index contributed by atoms with van der Waals surface area (Å²) in [4.78, 5) is 16.4. The molecule has 0 spiro atoms. The lowest BCUT2D eigenvalue weighted by Gasteiger charge is -2.09. The Morgan fingerprint density at radius 3 is 2.63 bits per heavy atom. The summed E-state index contributed by atoms with van der Waals surface area (Å²) >= 11 is 0. The average molecular weight is 422 g/mol. The third-order valence-corrected chi connectivity index (χ3v) is 4.18. The average Bonchev–Trinajstić information content (AvgIpc) is 3.30. The van der Waals surface area contributed by atoms with Crippen LogP contribution in [0.2, 0.25) is 0 Å². The topological polar surface area (TPSA) is 82.2 Å². The zero-order valence-corrected chi connectivity index (χ0v) is 16.4. The third-order valence-electron chi connectivity index (χ3n) is 4.18. The van der Waals surface area contributed by atoms with Crippen LogP contribution in [0.1, 0.15) is 20.3 Å². The van der Waals surface area contributed by atoms with Crippen LogP contribution in [0.4, 0.5) is 13.2 Å². The van der Waals surface area contributed by atoms with Crippen LogP contribution in [-0.4, -0.2) is 33.5 Å². The van der Waals surface area contributed by atoms with Crippen LogP contribution in [0, 0.1) is 5.92 Å². The van der Waals surface area contributed by atoms with E-state index in [0.29, 0.717) is 23.7 Å². The number of carbonyl (C=O) groups is 1. The Bertz CT molecular complexity index is 978. The summed E-state index contributed by atoms with van der Waals surface area (Å²) in [5, 5.41) is 6.74. The molecule has 1 aromatic carbocycles. The number of ether oxygens (including phenoxy) is 1. The van der Waals surface area contributed by atoms with Crippen LogP contribution in [0.25, 0.3) is 23.0 Å². The molecule has 3 aromatic rings. The summed E-state index contributed by atoms with van der Waals surface area (Å²) in [5.74, 6) is 0.428. The van der Waals surface area contributed by atoms with Crippen molar-refractivity contribution >= 4 is 5.91 Å². The summed E-state index contributed by atoms with van der Waals surface area (Å²) in [7, 11) is 0. The molecular weight excluding hydrogens is 401 g/mol. The van der Waals surface area contributed by atoms with Gasteiger partial charge in [-0.1, -0.05) is 19.0 Å². The predicted molar refractivity (Wildman–Crippen MR) is 102 cm³/mol. The van der Waals surface area contributed by atoms with E-state index >= 15 is 0 Å². The lowest BCUT2D eigenvalue weighted by Crippen LogP contribution is -2.29. The molecule has 0 aliphatic heterocycles. The second-order valence-electron chi connectivity index (χ2n) is 7.05. The first kappa shape index (κ1) is 21.4. The van der Waals surface area contributed by atoms with Crippen LogP contribution >= 0.6 is 0 Å². The van der Waals surface area contributed by atoms with Gasteiger partial charge in [0.05, 0.1) is 0 Å².